The second kappa shape index (κ2) is 6.22. The molecule has 0 heterocycles. The highest BCUT2D eigenvalue weighted by atomic mass is 16.5. The number of esters is 1. The van der Waals surface area contributed by atoms with Crippen LogP contribution < -0.4 is 10.1 Å². The first-order chi connectivity index (χ1) is 8.92. The first-order valence-corrected chi connectivity index (χ1v) is 5.92. The fourth-order valence-electron chi connectivity index (χ4n) is 1.77. The molecule has 0 aliphatic rings. The molecule has 0 spiro atoms. The molecule has 5 nitrogen and oxygen atoms in total. The van der Waals surface area contributed by atoms with Gasteiger partial charge in [0, 0.05) is 17.5 Å². The molecule has 0 unspecified atom stereocenters. The van der Waals surface area contributed by atoms with E-state index in [2.05, 4.69) is 10.1 Å². The number of benzene rings is 1. The maximum absolute atomic E-state index is 11.4. The highest BCUT2D eigenvalue weighted by Crippen LogP contribution is 2.30. The van der Waals surface area contributed by atoms with Crippen LogP contribution in [-0.2, 0) is 19.7 Å². The van der Waals surface area contributed by atoms with Crippen LogP contribution in [0.1, 0.15) is 19.4 Å². The lowest BCUT2D eigenvalue weighted by Gasteiger charge is -2.27. The molecule has 0 fully saturated rings. The lowest BCUT2D eigenvalue weighted by molar-refractivity contribution is -0.152. The van der Waals surface area contributed by atoms with Gasteiger partial charge in [-0.3, -0.25) is 4.79 Å². The minimum atomic E-state index is -0.893. The van der Waals surface area contributed by atoms with E-state index in [4.69, 9.17) is 4.74 Å². The Labute approximate surface area is 112 Å². The van der Waals surface area contributed by atoms with Gasteiger partial charge in [-0.2, -0.15) is 0 Å². The second-order valence-electron chi connectivity index (χ2n) is 4.76. The highest BCUT2D eigenvalue weighted by Gasteiger charge is 2.26. The minimum absolute atomic E-state index is 0.307. The van der Waals surface area contributed by atoms with Crippen LogP contribution in [0.5, 0.6) is 5.75 Å². The number of rotatable bonds is 4. The molecule has 1 amide bonds. The fourth-order valence-corrected chi connectivity index (χ4v) is 1.77. The number of carbonyl (C=O) groups is 2. The van der Waals surface area contributed by atoms with Crippen LogP contribution >= 0.6 is 0 Å². The summed E-state index contributed by atoms with van der Waals surface area (Å²) in [4.78, 5) is 22.4. The van der Waals surface area contributed by atoms with Gasteiger partial charge in [0.15, 0.2) is 0 Å². The molecule has 0 aliphatic heterocycles. The van der Waals surface area contributed by atoms with Gasteiger partial charge in [0.1, 0.15) is 5.75 Å². The monoisotopic (exact) mass is 265 g/mol. The molecule has 0 bridgehead atoms. The molecule has 104 valence electrons. The van der Waals surface area contributed by atoms with Gasteiger partial charge in [-0.05, 0) is 6.07 Å². The maximum Gasteiger partial charge on any atom is 0.396 e. The summed E-state index contributed by atoms with van der Waals surface area (Å²) in [6.07, 6.45) is 0. The van der Waals surface area contributed by atoms with Crippen LogP contribution in [0.15, 0.2) is 24.3 Å². The molecule has 0 radical (unpaired) electrons. The summed E-state index contributed by atoms with van der Waals surface area (Å²) in [5.41, 5.74) is 0.596. The van der Waals surface area contributed by atoms with Crippen LogP contribution in [-0.4, -0.2) is 32.6 Å². The Kier molecular flexibility index (Phi) is 4.92. The van der Waals surface area contributed by atoms with Gasteiger partial charge in [-0.15, -0.1) is 0 Å². The number of methoxy groups -OCH3 is 2. The van der Waals surface area contributed by atoms with E-state index in [0.29, 0.717) is 6.54 Å². The third-order valence-corrected chi connectivity index (χ3v) is 2.90. The van der Waals surface area contributed by atoms with E-state index in [9.17, 15) is 9.59 Å². The van der Waals surface area contributed by atoms with E-state index in [1.165, 1.54) is 7.11 Å². The number of amides is 1. The van der Waals surface area contributed by atoms with Gasteiger partial charge >= 0.3 is 11.9 Å². The predicted molar refractivity (Wildman–Crippen MR) is 71.0 cm³/mol. The number of carbonyl (C=O) groups excluding carboxylic acids is 2. The van der Waals surface area contributed by atoms with Crippen molar-refractivity contribution in [3.05, 3.63) is 29.8 Å². The van der Waals surface area contributed by atoms with E-state index in [-0.39, 0.29) is 5.41 Å². The number of nitrogens with one attached hydrogen (secondary N) is 1. The summed E-state index contributed by atoms with van der Waals surface area (Å²) >= 11 is 0. The van der Waals surface area contributed by atoms with Gasteiger partial charge in [0.05, 0.1) is 14.2 Å². The zero-order valence-electron chi connectivity index (χ0n) is 11.6. The molecule has 0 atom stereocenters. The molecular formula is C14H19NO4. The molecule has 1 N–H and O–H groups in total. The molecular weight excluding hydrogens is 246 g/mol. The van der Waals surface area contributed by atoms with Crippen molar-refractivity contribution < 1.29 is 19.1 Å². The summed E-state index contributed by atoms with van der Waals surface area (Å²) in [5.74, 6) is -0.888. The van der Waals surface area contributed by atoms with Gasteiger partial charge in [0.25, 0.3) is 0 Å². The standard InChI is InChI=1S/C14H19NO4/c1-14(2,9-15-12(16)13(17)19-4)10-7-5-6-8-11(10)18-3/h5-8H,9H2,1-4H3,(H,15,16). The van der Waals surface area contributed by atoms with Gasteiger partial charge in [-0.25, -0.2) is 4.79 Å². The second-order valence-corrected chi connectivity index (χ2v) is 4.76. The Morgan fingerprint density at radius 1 is 1.21 bits per heavy atom. The highest BCUT2D eigenvalue weighted by molar-refractivity contribution is 6.32. The fraction of sp³-hybridized carbons (Fsp3) is 0.429. The third-order valence-electron chi connectivity index (χ3n) is 2.90. The predicted octanol–water partition coefficient (Wildman–Crippen LogP) is 1.26. The number of hydrogen-bond donors (Lipinski definition) is 1. The Bertz CT molecular complexity index is 468. The molecule has 0 aliphatic carbocycles. The minimum Gasteiger partial charge on any atom is -0.496 e. The normalized spacial score (nSPS) is 10.7. The molecule has 1 aromatic carbocycles. The summed E-state index contributed by atoms with van der Waals surface area (Å²) < 4.78 is 9.65. The number of para-hydroxylation sites is 1. The quantitative estimate of drug-likeness (QED) is 0.657. The van der Waals surface area contributed by atoms with E-state index < -0.39 is 11.9 Å². The topological polar surface area (TPSA) is 64.6 Å². The van der Waals surface area contributed by atoms with Crippen molar-refractivity contribution >= 4 is 11.9 Å². The van der Waals surface area contributed by atoms with Crippen LogP contribution in [0, 0.1) is 0 Å². The van der Waals surface area contributed by atoms with E-state index >= 15 is 0 Å². The number of ether oxygens (including phenoxy) is 2. The largest absolute Gasteiger partial charge is 0.496 e. The molecule has 0 saturated carbocycles. The van der Waals surface area contributed by atoms with E-state index in [0.717, 1.165) is 11.3 Å². The van der Waals surface area contributed by atoms with Crippen molar-refractivity contribution in [1.29, 1.82) is 0 Å². The summed E-state index contributed by atoms with van der Waals surface area (Å²) in [6, 6.07) is 7.58. The van der Waals surface area contributed by atoms with Crippen molar-refractivity contribution in [2.45, 2.75) is 19.3 Å². The molecule has 0 aromatic heterocycles. The average Bonchev–Trinajstić information content (AvgIpc) is 2.43. The Hall–Kier alpha value is -2.04. The van der Waals surface area contributed by atoms with Gasteiger partial charge in [-0.1, -0.05) is 32.0 Å². The first-order valence-electron chi connectivity index (χ1n) is 5.92. The Morgan fingerprint density at radius 2 is 1.84 bits per heavy atom. The first kappa shape index (κ1) is 15.0. The van der Waals surface area contributed by atoms with Gasteiger partial charge < -0.3 is 14.8 Å². The SMILES string of the molecule is COC(=O)C(=O)NCC(C)(C)c1ccccc1OC. The van der Waals surface area contributed by atoms with Crippen molar-refractivity contribution in [3.8, 4) is 5.75 Å². The summed E-state index contributed by atoms with van der Waals surface area (Å²) in [6.45, 7) is 4.23. The maximum atomic E-state index is 11.4. The molecule has 5 heteroatoms. The van der Waals surface area contributed by atoms with Gasteiger partial charge in [0.2, 0.25) is 0 Å². The van der Waals surface area contributed by atoms with Crippen molar-refractivity contribution in [1.82, 2.24) is 5.32 Å². The van der Waals surface area contributed by atoms with Crippen molar-refractivity contribution in [3.63, 3.8) is 0 Å². The van der Waals surface area contributed by atoms with Crippen molar-refractivity contribution in [2.24, 2.45) is 0 Å². The zero-order valence-corrected chi connectivity index (χ0v) is 11.6. The number of hydrogen-bond acceptors (Lipinski definition) is 4. The average molecular weight is 265 g/mol. The Balaban J connectivity index is 2.81. The summed E-state index contributed by atoms with van der Waals surface area (Å²) in [7, 11) is 2.77. The Morgan fingerprint density at radius 3 is 2.42 bits per heavy atom. The lowest BCUT2D eigenvalue weighted by Crippen LogP contribution is -2.40. The van der Waals surface area contributed by atoms with Crippen LogP contribution in [0.2, 0.25) is 0 Å². The third kappa shape index (κ3) is 3.71. The molecule has 1 rings (SSSR count). The van der Waals surface area contributed by atoms with E-state index in [1.807, 2.05) is 38.1 Å². The van der Waals surface area contributed by atoms with Crippen LogP contribution in [0.4, 0.5) is 0 Å². The summed E-state index contributed by atoms with van der Waals surface area (Å²) in [5, 5.41) is 2.55. The molecule has 19 heavy (non-hydrogen) atoms. The molecule has 0 saturated heterocycles. The smallest absolute Gasteiger partial charge is 0.396 e. The van der Waals surface area contributed by atoms with Crippen LogP contribution in [0.25, 0.3) is 0 Å². The molecule has 1 aromatic rings. The van der Waals surface area contributed by atoms with E-state index in [1.54, 1.807) is 7.11 Å². The zero-order chi connectivity index (χ0) is 14.5. The van der Waals surface area contributed by atoms with Crippen molar-refractivity contribution in [2.75, 3.05) is 20.8 Å². The lowest BCUT2D eigenvalue weighted by atomic mass is 9.84. The van der Waals surface area contributed by atoms with Crippen LogP contribution in [0.3, 0.4) is 0 Å².